The Morgan fingerprint density at radius 1 is 1.29 bits per heavy atom. The van der Waals surface area contributed by atoms with Crippen molar-refractivity contribution in [3.63, 3.8) is 0 Å². The second-order valence-electron chi connectivity index (χ2n) is 4.32. The van der Waals surface area contributed by atoms with E-state index in [1.54, 1.807) is 6.92 Å². The van der Waals surface area contributed by atoms with Crippen molar-refractivity contribution in [3.8, 4) is 0 Å². The van der Waals surface area contributed by atoms with Crippen LogP contribution in [0.4, 0.5) is 0 Å². The van der Waals surface area contributed by atoms with Crippen LogP contribution in [-0.2, 0) is 17.6 Å². The van der Waals surface area contributed by atoms with Gasteiger partial charge in [-0.3, -0.25) is 4.79 Å². The maximum atomic E-state index is 11.4. The Morgan fingerprint density at radius 3 is 2.41 bits per heavy atom. The second-order valence-corrected chi connectivity index (χ2v) is 4.32. The summed E-state index contributed by atoms with van der Waals surface area (Å²) in [4.78, 5) is 11.4. The lowest BCUT2D eigenvalue weighted by Crippen LogP contribution is -2.30. The molecule has 17 heavy (non-hydrogen) atoms. The fraction of sp³-hybridized carbons (Fsp3) is 0.500. The van der Waals surface area contributed by atoms with Gasteiger partial charge in [-0.05, 0) is 30.9 Å². The van der Waals surface area contributed by atoms with Crippen molar-refractivity contribution in [3.05, 3.63) is 35.4 Å². The van der Waals surface area contributed by atoms with E-state index >= 15 is 0 Å². The molecule has 0 saturated carbocycles. The van der Waals surface area contributed by atoms with Crippen LogP contribution in [0.25, 0.3) is 0 Å². The molecule has 0 aliphatic carbocycles. The zero-order valence-electron chi connectivity index (χ0n) is 10.6. The normalized spacial score (nSPS) is 12.2. The van der Waals surface area contributed by atoms with Crippen molar-refractivity contribution in [1.29, 1.82) is 0 Å². The largest absolute Gasteiger partial charge is 0.392 e. The van der Waals surface area contributed by atoms with Gasteiger partial charge in [0.2, 0.25) is 5.91 Å². The first kappa shape index (κ1) is 13.7. The standard InChI is InChI=1S/C14H21NO2/c1-3-12-4-6-13(7-5-12)8-9-14(17)15-10-11(2)16/h4-7,11,16H,3,8-10H2,1-2H3,(H,15,17)/t11-/m1/s1. The van der Waals surface area contributed by atoms with Crippen molar-refractivity contribution in [2.24, 2.45) is 0 Å². The minimum absolute atomic E-state index is 0.00883. The second kappa shape index (κ2) is 7.07. The Hall–Kier alpha value is -1.35. The Balaban J connectivity index is 2.31. The molecule has 3 heteroatoms. The van der Waals surface area contributed by atoms with Crippen LogP contribution in [0.15, 0.2) is 24.3 Å². The fourth-order valence-corrected chi connectivity index (χ4v) is 1.55. The van der Waals surface area contributed by atoms with Crippen LogP contribution in [0, 0.1) is 0 Å². The van der Waals surface area contributed by atoms with Gasteiger partial charge in [-0.25, -0.2) is 0 Å². The fourth-order valence-electron chi connectivity index (χ4n) is 1.55. The third-order valence-corrected chi connectivity index (χ3v) is 2.67. The lowest BCUT2D eigenvalue weighted by atomic mass is 10.1. The number of aryl methyl sites for hydroxylation is 2. The summed E-state index contributed by atoms with van der Waals surface area (Å²) in [5.41, 5.74) is 2.49. The van der Waals surface area contributed by atoms with Gasteiger partial charge in [-0.2, -0.15) is 0 Å². The summed E-state index contributed by atoms with van der Waals surface area (Å²) in [7, 11) is 0. The van der Waals surface area contributed by atoms with Crippen molar-refractivity contribution in [1.82, 2.24) is 5.32 Å². The molecule has 0 saturated heterocycles. The van der Waals surface area contributed by atoms with Crippen LogP contribution in [-0.4, -0.2) is 23.7 Å². The van der Waals surface area contributed by atoms with Gasteiger partial charge in [0.15, 0.2) is 0 Å². The molecular formula is C14H21NO2. The lowest BCUT2D eigenvalue weighted by molar-refractivity contribution is -0.121. The number of aliphatic hydroxyl groups excluding tert-OH is 1. The minimum atomic E-state index is -0.484. The molecule has 0 aliphatic heterocycles. The maximum Gasteiger partial charge on any atom is 0.220 e. The SMILES string of the molecule is CCc1ccc(CCC(=O)NC[C@@H](C)O)cc1. The number of hydrogen-bond donors (Lipinski definition) is 2. The Morgan fingerprint density at radius 2 is 1.88 bits per heavy atom. The molecule has 1 amide bonds. The van der Waals surface area contributed by atoms with Gasteiger partial charge in [0.05, 0.1) is 6.10 Å². The number of carbonyl (C=O) groups is 1. The molecule has 3 nitrogen and oxygen atoms in total. The molecule has 0 unspecified atom stereocenters. The third-order valence-electron chi connectivity index (χ3n) is 2.67. The average Bonchev–Trinajstić information content (AvgIpc) is 2.34. The van der Waals surface area contributed by atoms with Gasteiger partial charge >= 0.3 is 0 Å². The molecular weight excluding hydrogens is 214 g/mol. The van der Waals surface area contributed by atoms with Gasteiger partial charge in [-0.1, -0.05) is 31.2 Å². The summed E-state index contributed by atoms with van der Waals surface area (Å²) in [5, 5.41) is 11.7. The summed E-state index contributed by atoms with van der Waals surface area (Å²) in [6.07, 6.45) is 1.77. The van der Waals surface area contributed by atoms with Crippen LogP contribution in [0.2, 0.25) is 0 Å². The first-order valence-corrected chi connectivity index (χ1v) is 6.14. The van der Waals surface area contributed by atoms with E-state index < -0.39 is 6.10 Å². The van der Waals surface area contributed by atoms with E-state index in [1.165, 1.54) is 11.1 Å². The molecule has 0 spiro atoms. The van der Waals surface area contributed by atoms with E-state index in [0.717, 1.165) is 12.8 Å². The van der Waals surface area contributed by atoms with Crippen molar-refractivity contribution in [2.75, 3.05) is 6.54 Å². The number of rotatable bonds is 6. The third kappa shape index (κ3) is 5.50. The zero-order chi connectivity index (χ0) is 12.7. The van der Waals surface area contributed by atoms with Crippen LogP contribution in [0.3, 0.4) is 0 Å². The molecule has 1 aromatic carbocycles. The molecule has 0 radical (unpaired) electrons. The van der Waals surface area contributed by atoms with E-state index in [9.17, 15) is 4.79 Å². The number of amides is 1. The molecule has 0 aromatic heterocycles. The van der Waals surface area contributed by atoms with Crippen LogP contribution >= 0.6 is 0 Å². The Labute approximate surface area is 103 Å². The molecule has 0 aliphatic rings. The van der Waals surface area contributed by atoms with Crippen LogP contribution in [0.1, 0.15) is 31.4 Å². The summed E-state index contributed by atoms with van der Waals surface area (Å²) >= 11 is 0. The molecule has 1 atom stereocenters. The monoisotopic (exact) mass is 235 g/mol. The molecule has 0 heterocycles. The molecule has 1 aromatic rings. The lowest BCUT2D eigenvalue weighted by Gasteiger charge is -2.07. The summed E-state index contributed by atoms with van der Waals surface area (Å²) < 4.78 is 0. The van der Waals surface area contributed by atoms with E-state index in [0.29, 0.717) is 13.0 Å². The maximum absolute atomic E-state index is 11.4. The molecule has 0 fully saturated rings. The van der Waals surface area contributed by atoms with Gasteiger partial charge in [-0.15, -0.1) is 0 Å². The van der Waals surface area contributed by atoms with Gasteiger partial charge < -0.3 is 10.4 Å². The van der Waals surface area contributed by atoms with Crippen molar-refractivity contribution in [2.45, 2.75) is 39.2 Å². The van der Waals surface area contributed by atoms with Crippen LogP contribution in [0.5, 0.6) is 0 Å². The number of aliphatic hydroxyl groups is 1. The number of carbonyl (C=O) groups excluding carboxylic acids is 1. The molecule has 94 valence electrons. The molecule has 0 bridgehead atoms. The number of hydrogen-bond acceptors (Lipinski definition) is 2. The van der Waals surface area contributed by atoms with Crippen LogP contribution < -0.4 is 5.32 Å². The zero-order valence-corrected chi connectivity index (χ0v) is 10.6. The average molecular weight is 235 g/mol. The first-order valence-electron chi connectivity index (χ1n) is 6.14. The van der Waals surface area contributed by atoms with Crippen molar-refractivity contribution < 1.29 is 9.90 Å². The Kier molecular flexibility index (Phi) is 5.70. The first-order chi connectivity index (χ1) is 8.11. The number of nitrogens with one attached hydrogen (secondary N) is 1. The minimum Gasteiger partial charge on any atom is -0.392 e. The smallest absolute Gasteiger partial charge is 0.220 e. The molecule has 1 rings (SSSR count). The van der Waals surface area contributed by atoms with E-state index in [1.807, 2.05) is 0 Å². The number of benzene rings is 1. The summed E-state index contributed by atoms with van der Waals surface area (Å²) in [5.74, 6) is -0.00883. The predicted octanol–water partition coefficient (Wildman–Crippen LogP) is 1.68. The highest BCUT2D eigenvalue weighted by Gasteiger charge is 2.03. The van der Waals surface area contributed by atoms with Gasteiger partial charge in [0, 0.05) is 13.0 Å². The highest BCUT2D eigenvalue weighted by atomic mass is 16.3. The highest BCUT2D eigenvalue weighted by molar-refractivity contribution is 5.76. The van der Waals surface area contributed by atoms with Crippen molar-refractivity contribution >= 4 is 5.91 Å². The van der Waals surface area contributed by atoms with E-state index in [2.05, 4.69) is 36.5 Å². The van der Waals surface area contributed by atoms with Gasteiger partial charge in [0.25, 0.3) is 0 Å². The topological polar surface area (TPSA) is 49.3 Å². The summed E-state index contributed by atoms with van der Waals surface area (Å²) in [6.45, 7) is 4.11. The van der Waals surface area contributed by atoms with E-state index in [-0.39, 0.29) is 5.91 Å². The Bertz CT molecular complexity index is 344. The summed E-state index contributed by atoms with van der Waals surface area (Å²) in [6, 6.07) is 8.34. The molecule has 2 N–H and O–H groups in total. The van der Waals surface area contributed by atoms with E-state index in [4.69, 9.17) is 5.11 Å². The van der Waals surface area contributed by atoms with Gasteiger partial charge in [0.1, 0.15) is 0 Å². The quantitative estimate of drug-likeness (QED) is 0.788. The highest BCUT2D eigenvalue weighted by Crippen LogP contribution is 2.07. The predicted molar refractivity (Wildman–Crippen MR) is 68.8 cm³/mol.